The van der Waals surface area contributed by atoms with E-state index in [4.69, 9.17) is 14.2 Å². The molecule has 0 fully saturated rings. The van der Waals surface area contributed by atoms with E-state index in [0.29, 0.717) is 13.2 Å². The number of hydrogen-bond donors (Lipinski definition) is 0. The third-order valence-electron chi connectivity index (χ3n) is 7.83. The van der Waals surface area contributed by atoms with Gasteiger partial charge in [0.1, 0.15) is 18.0 Å². The van der Waals surface area contributed by atoms with Crippen molar-refractivity contribution in [3.8, 4) is 11.5 Å². The SMILES string of the molecule is CCCCCCN(CCCCCC)CCOC1(CN(CCCCCC)CCCCCC)Oc2ccc(cc2)O1. The highest BCUT2D eigenvalue weighted by Gasteiger charge is 2.41. The molecule has 0 aliphatic carbocycles. The van der Waals surface area contributed by atoms with Crippen LogP contribution in [-0.2, 0) is 4.74 Å². The average Bonchev–Trinajstić information content (AvgIpc) is 3.22. The van der Waals surface area contributed by atoms with Gasteiger partial charge in [0, 0.05) is 6.54 Å². The number of nitrogens with zero attached hydrogens (tertiary/aromatic N) is 2. The van der Waals surface area contributed by atoms with Crippen LogP contribution in [0.2, 0.25) is 0 Å². The molecule has 5 nitrogen and oxygen atoms in total. The lowest BCUT2D eigenvalue weighted by Gasteiger charge is -2.37. The number of hydrogen-bond acceptors (Lipinski definition) is 5. The van der Waals surface area contributed by atoms with Crippen LogP contribution in [0.4, 0.5) is 0 Å². The molecule has 2 aliphatic rings. The molecule has 2 bridgehead atoms. The smallest absolute Gasteiger partial charge is 0.385 e. The zero-order valence-corrected chi connectivity index (χ0v) is 26.2. The second-order valence-corrected chi connectivity index (χ2v) is 11.6. The Bertz CT molecular complexity index is 647. The third kappa shape index (κ3) is 14.8. The second kappa shape index (κ2) is 21.4. The fourth-order valence-electron chi connectivity index (χ4n) is 5.38. The van der Waals surface area contributed by atoms with E-state index in [9.17, 15) is 0 Å². The Kier molecular flexibility index (Phi) is 18.6. The van der Waals surface area contributed by atoms with Gasteiger partial charge in [-0.2, -0.15) is 0 Å². The van der Waals surface area contributed by atoms with Crippen LogP contribution < -0.4 is 9.47 Å². The summed E-state index contributed by atoms with van der Waals surface area (Å²) < 4.78 is 19.7. The van der Waals surface area contributed by atoms with E-state index < -0.39 is 5.97 Å². The van der Waals surface area contributed by atoms with Gasteiger partial charge in [-0.15, -0.1) is 0 Å². The highest BCUT2D eigenvalue weighted by atomic mass is 16.9. The van der Waals surface area contributed by atoms with E-state index in [1.54, 1.807) is 0 Å². The van der Waals surface area contributed by atoms with Gasteiger partial charge >= 0.3 is 5.97 Å². The zero-order valence-electron chi connectivity index (χ0n) is 26.2. The molecule has 0 N–H and O–H groups in total. The Labute approximate surface area is 242 Å². The van der Waals surface area contributed by atoms with Gasteiger partial charge in [-0.1, -0.05) is 105 Å². The largest absolute Gasteiger partial charge is 0.429 e. The number of fused-ring (bicyclic) bond motifs is 4. The monoisotopic (exact) mass is 546 g/mol. The predicted octanol–water partition coefficient (Wildman–Crippen LogP) is 9.05. The van der Waals surface area contributed by atoms with Gasteiger partial charge < -0.3 is 19.1 Å². The Morgan fingerprint density at radius 1 is 0.513 bits per heavy atom. The summed E-state index contributed by atoms with van der Waals surface area (Å²) >= 11 is 0. The van der Waals surface area contributed by atoms with Gasteiger partial charge in [0.05, 0.1) is 6.61 Å². The van der Waals surface area contributed by atoms with Crippen molar-refractivity contribution in [2.45, 2.75) is 136 Å². The molecule has 3 rings (SSSR count). The lowest BCUT2D eigenvalue weighted by atomic mass is 10.1. The average molecular weight is 547 g/mol. The molecule has 0 atom stereocenters. The second-order valence-electron chi connectivity index (χ2n) is 11.6. The molecule has 0 aromatic heterocycles. The van der Waals surface area contributed by atoms with Crippen LogP contribution >= 0.6 is 0 Å². The fourth-order valence-corrected chi connectivity index (χ4v) is 5.38. The number of ether oxygens (including phenoxy) is 3. The summed E-state index contributed by atoms with van der Waals surface area (Å²) in [7, 11) is 0. The minimum Gasteiger partial charge on any atom is -0.429 e. The highest BCUT2D eigenvalue weighted by Crippen LogP contribution is 2.32. The number of rotatable bonds is 26. The molecule has 0 amide bonds. The van der Waals surface area contributed by atoms with Gasteiger partial charge in [0.2, 0.25) is 0 Å². The van der Waals surface area contributed by atoms with Crippen LogP contribution in [0.3, 0.4) is 0 Å². The Morgan fingerprint density at radius 2 is 0.897 bits per heavy atom. The molecule has 2 aliphatic heterocycles. The Morgan fingerprint density at radius 3 is 1.28 bits per heavy atom. The molecule has 5 heteroatoms. The molecule has 39 heavy (non-hydrogen) atoms. The van der Waals surface area contributed by atoms with E-state index in [2.05, 4.69) is 37.5 Å². The zero-order chi connectivity index (χ0) is 28.0. The molecule has 0 saturated carbocycles. The van der Waals surface area contributed by atoms with Crippen molar-refractivity contribution in [1.29, 1.82) is 0 Å². The topological polar surface area (TPSA) is 34.2 Å². The van der Waals surface area contributed by atoms with Crippen molar-refractivity contribution in [3.05, 3.63) is 24.3 Å². The van der Waals surface area contributed by atoms with Crippen LogP contribution in [0, 0.1) is 0 Å². The molecule has 0 saturated heterocycles. The van der Waals surface area contributed by atoms with Crippen molar-refractivity contribution in [2.24, 2.45) is 0 Å². The first-order valence-electron chi connectivity index (χ1n) is 16.7. The van der Waals surface area contributed by atoms with Crippen molar-refractivity contribution in [1.82, 2.24) is 9.80 Å². The fraction of sp³-hybridized carbons (Fsp3) is 0.824. The summed E-state index contributed by atoms with van der Waals surface area (Å²) in [5.74, 6) is 0.553. The van der Waals surface area contributed by atoms with Crippen LogP contribution in [0.5, 0.6) is 11.5 Å². The summed E-state index contributed by atoms with van der Waals surface area (Å²) in [5.41, 5.74) is 0. The minimum absolute atomic E-state index is 0.613. The van der Waals surface area contributed by atoms with Crippen LogP contribution in [0.1, 0.15) is 130 Å². The first-order chi connectivity index (χ1) is 19.1. The van der Waals surface area contributed by atoms with Crippen LogP contribution in [0.15, 0.2) is 24.3 Å². The maximum atomic E-state index is 6.65. The highest BCUT2D eigenvalue weighted by molar-refractivity contribution is 5.33. The molecular weight excluding hydrogens is 484 g/mol. The summed E-state index contributed by atoms with van der Waals surface area (Å²) in [6.45, 7) is 15.7. The van der Waals surface area contributed by atoms with Crippen molar-refractivity contribution in [2.75, 3.05) is 45.9 Å². The molecule has 2 heterocycles. The van der Waals surface area contributed by atoms with Gasteiger partial charge in [0.15, 0.2) is 0 Å². The first-order valence-corrected chi connectivity index (χ1v) is 16.7. The Balaban J connectivity index is 2.04. The van der Waals surface area contributed by atoms with E-state index >= 15 is 0 Å². The molecule has 1 aromatic rings. The molecule has 1 aromatic carbocycles. The maximum Gasteiger partial charge on any atom is 0.385 e. The number of benzene rings is 1. The van der Waals surface area contributed by atoms with Crippen molar-refractivity contribution >= 4 is 0 Å². The predicted molar refractivity (Wildman–Crippen MR) is 166 cm³/mol. The van der Waals surface area contributed by atoms with E-state index in [0.717, 1.165) is 44.2 Å². The normalized spacial score (nSPS) is 14.1. The lowest BCUT2D eigenvalue weighted by molar-refractivity contribution is -0.306. The van der Waals surface area contributed by atoms with Crippen LogP contribution in [-0.4, -0.2) is 61.6 Å². The summed E-state index contributed by atoms with van der Waals surface area (Å²) in [5, 5.41) is 0. The standard InChI is InChI=1S/C34H62N2O3/c1-5-9-13-17-25-35(26-18-14-10-6-2)29-30-37-34(38-32-21-22-33(39-34)24-23-32)31-36(27-19-15-11-7-3)28-20-16-12-8-4/h21-24H,5-20,25-31H2,1-4H3. The third-order valence-corrected chi connectivity index (χ3v) is 7.83. The minimum atomic E-state index is -1.09. The summed E-state index contributed by atoms with van der Waals surface area (Å²) in [4.78, 5) is 5.14. The lowest BCUT2D eigenvalue weighted by Crippen LogP contribution is -2.54. The number of unbranched alkanes of at least 4 members (excludes halogenated alkanes) is 12. The molecular formula is C34H62N2O3. The van der Waals surface area contributed by atoms with Crippen molar-refractivity contribution in [3.63, 3.8) is 0 Å². The van der Waals surface area contributed by atoms with Gasteiger partial charge in [-0.25, -0.2) is 0 Å². The Hall–Kier alpha value is -1.30. The van der Waals surface area contributed by atoms with Gasteiger partial charge in [0.25, 0.3) is 0 Å². The van der Waals surface area contributed by atoms with E-state index in [1.165, 1.54) is 103 Å². The van der Waals surface area contributed by atoms with E-state index in [-0.39, 0.29) is 0 Å². The maximum absolute atomic E-state index is 6.65. The molecule has 0 spiro atoms. The summed E-state index contributed by atoms with van der Waals surface area (Å²) in [6.07, 6.45) is 20.5. The van der Waals surface area contributed by atoms with Gasteiger partial charge in [-0.3, -0.25) is 4.90 Å². The van der Waals surface area contributed by atoms with Crippen molar-refractivity contribution < 1.29 is 14.2 Å². The van der Waals surface area contributed by atoms with Gasteiger partial charge in [-0.05, 0) is 76.1 Å². The molecule has 0 unspecified atom stereocenters. The summed E-state index contributed by atoms with van der Waals surface area (Å²) in [6, 6.07) is 8.00. The van der Waals surface area contributed by atoms with E-state index in [1.807, 2.05) is 24.3 Å². The molecule has 226 valence electrons. The molecule has 0 radical (unpaired) electrons. The quantitative estimate of drug-likeness (QED) is 0.108. The van der Waals surface area contributed by atoms with Crippen LogP contribution in [0.25, 0.3) is 0 Å². The first kappa shape index (κ1) is 33.9.